The van der Waals surface area contributed by atoms with Crippen molar-refractivity contribution in [3.63, 3.8) is 0 Å². The van der Waals surface area contributed by atoms with Crippen molar-refractivity contribution in [1.82, 2.24) is 5.32 Å². The number of carbonyl (C=O) groups excluding carboxylic acids is 1. The second-order valence-electron chi connectivity index (χ2n) is 6.06. The van der Waals surface area contributed by atoms with E-state index in [1.165, 1.54) is 37.5 Å². The number of benzene rings is 1. The molecule has 1 saturated carbocycles. The molecule has 0 spiro atoms. The lowest BCUT2D eigenvalue weighted by Gasteiger charge is -2.39. The number of carbonyl (C=O) groups is 1. The first-order chi connectivity index (χ1) is 10.1. The van der Waals surface area contributed by atoms with Crippen LogP contribution in [0.15, 0.2) is 18.2 Å². The Morgan fingerprint density at radius 3 is 2.90 bits per heavy atom. The van der Waals surface area contributed by atoms with E-state index in [1.807, 2.05) is 0 Å². The lowest BCUT2D eigenvalue weighted by molar-refractivity contribution is -0.119. The molecule has 1 saturated heterocycles. The van der Waals surface area contributed by atoms with Crippen LogP contribution in [0.5, 0.6) is 0 Å². The lowest BCUT2D eigenvalue weighted by Crippen LogP contribution is -2.53. The van der Waals surface area contributed by atoms with E-state index < -0.39 is 5.82 Å². The molecule has 5 heteroatoms. The molecule has 1 aliphatic carbocycles. The molecule has 1 aromatic rings. The molecule has 0 bridgehead atoms. The van der Waals surface area contributed by atoms with Crippen LogP contribution < -0.4 is 10.6 Å². The van der Waals surface area contributed by atoms with Crippen molar-refractivity contribution >= 4 is 23.2 Å². The quantitative estimate of drug-likeness (QED) is 0.874. The van der Waals surface area contributed by atoms with E-state index in [0.29, 0.717) is 17.0 Å². The monoisotopic (exact) mass is 310 g/mol. The van der Waals surface area contributed by atoms with Gasteiger partial charge in [-0.15, -0.1) is 0 Å². The number of anilines is 1. The SMILES string of the molecule is O=C(Nc1cc(Cl)ccc1F)C1CCC2CCCCC2N1. The van der Waals surface area contributed by atoms with Crippen molar-refractivity contribution in [3.8, 4) is 0 Å². The fraction of sp³-hybridized carbons (Fsp3) is 0.562. The molecule has 3 unspecified atom stereocenters. The highest BCUT2D eigenvalue weighted by Crippen LogP contribution is 2.32. The van der Waals surface area contributed by atoms with Crippen molar-refractivity contribution in [2.45, 2.75) is 50.6 Å². The summed E-state index contributed by atoms with van der Waals surface area (Å²) in [5.74, 6) is 0.0741. The van der Waals surface area contributed by atoms with Gasteiger partial charge in [-0.2, -0.15) is 0 Å². The third kappa shape index (κ3) is 3.38. The molecular formula is C16H20ClFN2O. The van der Waals surface area contributed by atoms with Crippen LogP contribution >= 0.6 is 11.6 Å². The molecule has 3 nitrogen and oxygen atoms in total. The number of halogens is 2. The smallest absolute Gasteiger partial charge is 0.241 e. The van der Waals surface area contributed by atoms with Crippen molar-refractivity contribution in [3.05, 3.63) is 29.0 Å². The van der Waals surface area contributed by atoms with Crippen molar-refractivity contribution in [2.75, 3.05) is 5.32 Å². The number of fused-ring (bicyclic) bond motifs is 1. The Morgan fingerprint density at radius 2 is 2.05 bits per heavy atom. The Kier molecular flexibility index (Phi) is 4.45. The van der Waals surface area contributed by atoms with Gasteiger partial charge >= 0.3 is 0 Å². The molecule has 1 aromatic carbocycles. The highest BCUT2D eigenvalue weighted by atomic mass is 35.5. The summed E-state index contributed by atoms with van der Waals surface area (Å²) in [7, 11) is 0. The Labute approximate surface area is 129 Å². The highest BCUT2D eigenvalue weighted by molar-refractivity contribution is 6.30. The molecule has 0 radical (unpaired) electrons. The van der Waals surface area contributed by atoms with Crippen molar-refractivity contribution in [1.29, 1.82) is 0 Å². The van der Waals surface area contributed by atoms with Crippen LogP contribution in [0.25, 0.3) is 0 Å². The Balaban J connectivity index is 1.64. The van der Waals surface area contributed by atoms with E-state index in [1.54, 1.807) is 0 Å². The predicted octanol–water partition coefficient (Wildman–Crippen LogP) is 3.73. The molecule has 2 aliphatic rings. The van der Waals surface area contributed by atoms with Crippen LogP contribution in [0.4, 0.5) is 10.1 Å². The van der Waals surface area contributed by atoms with Gasteiger partial charge in [0.15, 0.2) is 0 Å². The van der Waals surface area contributed by atoms with Crippen LogP contribution in [0.2, 0.25) is 5.02 Å². The molecule has 1 aliphatic heterocycles. The van der Waals surface area contributed by atoms with Crippen molar-refractivity contribution < 1.29 is 9.18 Å². The number of rotatable bonds is 2. The van der Waals surface area contributed by atoms with Crippen LogP contribution in [0, 0.1) is 11.7 Å². The first kappa shape index (κ1) is 14.8. The first-order valence-electron chi connectivity index (χ1n) is 7.65. The normalized spacial score (nSPS) is 28.8. The fourth-order valence-electron chi connectivity index (χ4n) is 3.52. The minimum atomic E-state index is -0.459. The zero-order valence-electron chi connectivity index (χ0n) is 11.9. The van der Waals surface area contributed by atoms with Gasteiger partial charge in [0.05, 0.1) is 11.7 Å². The molecule has 2 N–H and O–H groups in total. The van der Waals surface area contributed by atoms with Gasteiger partial charge in [0.1, 0.15) is 5.82 Å². The molecular weight excluding hydrogens is 291 g/mol. The van der Waals surface area contributed by atoms with Gasteiger partial charge in [0.2, 0.25) is 5.91 Å². The standard InChI is InChI=1S/C16H20ClFN2O/c17-11-6-7-12(18)15(9-11)20-16(21)14-8-5-10-3-1-2-4-13(10)19-14/h6-7,9-10,13-14,19H,1-5,8H2,(H,20,21). The summed E-state index contributed by atoms with van der Waals surface area (Å²) in [6.45, 7) is 0. The number of hydrogen-bond donors (Lipinski definition) is 2. The summed E-state index contributed by atoms with van der Waals surface area (Å²) in [4.78, 5) is 12.3. The highest BCUT2D eigenvalue weighted by Gasteiger charge is 2.34. The summed E-state index contributed by atoms with van der Waals surface area (Å²) in [5, 5.41) is 6.51. The zero-order valence-corrected chi connectivity index (χ0v) is 12.6. The fourth-order valence-corrected chi connectivity index (χ4v) is 3.69. The molecule has 3 rings (SSSR count). The summed E-state index contributed by atoms with van der Waals surface area (Å²) in [5.41, 5.74) is 0.153. The topological polar surface area (TPSA) is 41.1 Å². The predicted molar refractivity (Wildman–Crippen MR) is 81.9 cm³/mol. The van der Waals surface area contributed by atoms with E-state index in [9.17, 15) is 9.18 Å². The van der Waals surface area contributed by atoms with Gasteiger partial charge in [0, 0.05) is 11.1 Å². The Bertz CT molecular complexity index is 537. The molecule has 2 fully saturated rings. The van der Waals surface area contributed by atoms with Gasteiger partial charge in [-0.1, -0.05) is 24.4 Å². The van der Waals surface area contributed by atoms with E-state index >= 15 is 0 Å². The Hall–Kier alpha value is -1.13. The first-order valence-corrected chi connectivity index (χ1v) is 8.03. The van der Waals surface area contributed by atoms with Gasteiger partial charge in [-0.3, -0.25) is 4.79 Å². The second kappa shape index (κ2) is 6.32. The maximum Gasteiger partial charge on any atom is 0.241 e. The lowest BCUT2D eigenvalue weighted by atomic mass is 9.77. The molecule has 1 amide bonds. The Morgan fingerprint density at radius 1 is 1.24 bits per heavy atom. The maximum absolute atomic E-state index is 13.7. The largest absolute Gasteiger partial charge is 0.322 e. The van der Waals surface area contributed by atoms with Crippen LogP contribution in [0.3, 0.4) is 0 Å². The maximum atomic E-state index is 13.7. The number of amides is 1. The van der Waals surface area contributed by atoms with E-state index in [2.05, 4.69) is 10.6 Å². The number of nitrogens with one attached hydrogen (secondary N) is 2. The molecule has 3 atom stereocenters. The number of piperidine rings is 1. The van der Waals surface area contributed by atoms with Gasteiger partial charge < -0.3 is 10.6 Å². The summed E-state index contributed by atoms with van der Waals surface area (Å²) in [6.07, 6.45) is 6.82. The summed E-state index contributed by atoms with van der Waals surface area (Å²) in [6, 6.07) is 4.39. The van der Waals surface area contributed by atoms with Gasteiger partial charge in [-0.25, -0.2) is 4.39 Å². The van der Waals surface area contributed by atoms with E-state index in [0.717, 1.165) is 19.3 Å². The average molecular weight is 311 g/mol. The number of hydrogen-bond acceptors (Lipinski definition) is 2. The van der Waals surface area contributed by atoms with Crippen LogP contribution in [-0.4, -0.2) is 18.0 Å². The summed E-state index contributed by atoms with van der Waals surface area (Å²) >= 11 is 5.84. The molecule has 1 heterocycles. The van der Waals surface area contributed by atoms with Crippen LogP contribution in [0.1, 0.15) is 38.5 Å². The minimum absolute atomic E-state index is 0.153. The third-order valence-electron chi connectivity index (χ3n) is 4.65. The molecule has 21 heavy (non-hydrogen) atoms. The average Bonchev–Trinajstić information content (AvgIpc) is 2.50. The van der Waals surface area contributed by atoms with E-state index in [4.69, 9.17) is 11.6 Å². The van der Waals surface area contributed by atoms with Gasteiger partial charge in [-0.05, 0) is 49.8 Å². The zero-order chi connectivity index (χ0) is 14.8. The molecule has 0 aromatic heterocycles. The van der Waals surface area contributed by atoms with Crippen molar-refractivity contribution in [2.24, 2.45) is 5.92 Å². The van der Waals surface area contributed by atoms with Gasteiger partial charge in [0.25, 0.3) is 0 Å². The third-order valence-corrected chi connectivity index (χ3v) is 4.89. The second-order valence-corrected chi connectivity index (χ2v) is 6.50. The van der Waals surface area contributed by atoms with E-state index in [-0.39, 0.29) is 17.6 Å². The molecule has 114 valence electrons. The summed E-state index contributed by atoms with van der Waals surface area (Å²) < 4.78 is 13.7. The van der Waals surface area contributed by atoms with Crippen LogP contribution in [-0.2, 0) is 4.79 Å². The minimum Gasteiger partial charge on any atom is -0.322 e.